The van der Waals surface area contributed by atoms with Crippen LogP contribution in [0.1, 0.15) is 0 Å². The van der Waals surface area contributed by atoms with Crippen molar-refractivity contribution < 1.29 is 56.7 Å². The first-order valence-corrected chi connectivity index (χ1v) is 11.8. The monoisotopic (exact) mass is 494 g/mol. The molecule has 11 nitrogen and oxygen atoms in total. The Balaban J connectivity index is 2.20. The summed E-state index contributed by atoms with van der Waals surface area (Å²) in [6.07, 6.45) is 0. The topological polar surface area (TPSA) is 149 Å². The summed E-state index contributed by atoms with van der Waals surface area (Å²) in [6, 6.07) is -0.740. The zero-order chi connectivity index (χ0) is 22.5. The molecule has 0 radical (unpaired) electrons. The maximum Gasteiger partial charge on any atom is 0.480 e. The van der Waals surface area contributed by atoms with E-state index in [9.17, 15) is 52.0 Å². The van der Waals surface area contributed by atoms with Gasteiger partial charge in [0.1, 0.15) is 6.61 Å². The lowest BCUT2D eigenvalue weighted by Gasteiger charge is -2.38. The smallest absolute Gasteiger partial charge is 0.422 e. The molecule has 2 saturated heterocycles. The van der Waals surface area contributed by atoms with Crippen LogP contribution in [0, 0.1) is 0 Å². The Bertz CT molecular complexity index is 971. The number of halogens is 5. The molecule has 2 aliphatic rings. The van der Waals surface area contributed by atoms with Gasteiger partial charge in [-0.25, -0.2) is 25.3 Å². The Hall–Kier alpha value is -0.990. The molecule has 0 bridgehead atoms. The van der Waals surface area contributed by atoms with Crippen LogP contribution in [0.25, 0.3) is 4.13 Å². The lowest BCUT2D eigenvalue weighted by molar-refractivity contribution is -0.121. The molecule has 2 aliphatic heterocycles. The van der Waals surface area contributed by atoms with Crippen LogP contribution >= 0.6 is 0 Å². The zero-order valence-electron chi connectivity index (χ0n) is 14.0. The molecule has 0 amide bonds. The SMILES string of the molecule is O=C1COCC1N1CCN(S(=O)(=O)C(F)(F)S(=O)(=O)[N-]S(=O)(=O)C(F)(F)F)CC1. The van der Waals surface area contributed by atoms with Crippen LogP contribution in [0.5, 0.6) is 0 Å². The highest BCUT2D eigenvalue weighted by molar-refractivity contribution is 8.18. The highest BCUT2D eigenvalue weighted by Gasteiger charge is 2.58. The second-order valence-electron chi connectivity index (χ2n) is 5.87. The third-order valence-corrected chi connectivity index (χ3v) is 9.70. The molecular weight excluding hydrogens is 481 g/mol. The molecule has 2 fully saturated rings. The molecule has 0 saturated carbocycles. The van der Waals surface area contributed by atoms with E-state index in [1.54, 1.807) is 0 Å². The molecule has 0 aromatic rings. The highest BCUT2D eigenvalue weighted by Crippen LogP contribution is 2.40. The Morgan fingerprint density at radius 3 is 1.83 bits per heavy atom. The maximum absolute atomic E-state index is 14.1. The number of ketones is 1. The number of ether oxygens (including phenoxy) is 1. The third-order valence-electron chi connectivity index (χ3n) is 4.03. The van der Waals surface area contributed by atoms with Crippen LogP contribution in [-0.2, 0) is 39.6 Å². The Morgan fingerprint density at radius 1 is 0.897 bits per heavy atom. The van der Waals surface area contributed by atoms with Gasteiger partial charge in [-0.2, -0.15) is 26.3 Å². The number of Topliss-reactive ketones (excluding diaryl/α,β-unsaturated/α-hetero) is 1. The predicted molar refractivity (Wildman–Crippen MR) is 83.9 cm³/mol. The molecule has 2 rings (SSSR count). The quantitative estimate of drug-likeness (QED) is 0.424. The summed E-state index contributed by atoms with van der Waals surface area (Å²) in [5, 5.41) is 0. The van der Waals surface area contributed by atoms with Gasteiger partial charge in [0.2, 0.25) is 0 Å². The standard InChI is InChI=1S/C10H13F5N3O8S3/c11-9(12,13)27(20,21)16-28(22,23)10(14,15)29(24,25)18-3-1-17(2-4-18)7-5-26-6-8(7)19/h7H,1-6H2/q-1. The maximum atomic E-state index is 14.1. The lowest BCUT2D eigenvalue weighted by Crippen LogP contribution is -2.57. The van der Waals surface area contributed by atoms with E-state index in [1.807, 2.05) is 0 Å². The van der Waals surface area contributed by atoms with Crippen LogP contribution < -0.4 is 0 Å². The number of alkyl halides is 5. The molecule has 0 spiro atoms. The first-order valence-electron chi connectivity index (χ1n) is 7.46. The van der Waals surface area contributed by atoms with E-state index in [1.165, 1.54) is 4.90 Å². The van der Waals surface area contributed by atoms with Crippen molar-refractivity contribution in [1.82, 2.24) is 9.21 Å². The number of hydrogen-bond donors (Lipinski definition) is 0. The van der Waals surface area contributed by atoms with Gasteiger partial charge in [0.05, 0.1) is 12.6 Å². The average molecular weight is 494 g/mol. The highest BCUT2D eigenvalue weighted by atomic mass is 32.3. The van der Waals surface area contributed by atoms with Crippen molar-refractivity contribution in [2.45, 2.75) is 16.1 Å². The van der Waals surface area contributed by atoms with Gasteiger partial charge in [-0.3, -0.25) is 9.69 Å². The number of sulfonamides is 3. The van der Waals surface area contributed by atoms with E-state index < -0.39 is 59.3 Å². The number of carbonyl (C=O) groups excluding carboxylic acids is 1. The van der Waals surface area contributed by atoms with Crippen LogP contribution in [0.15, 0.2) is 0 Å². The van der Waals surface area contributed by atoms with E-state index in [2.05, 4.69) is 0 Å². The van der Waals surface area contributed by atoms with Crippen molar-refractivity contribution in [2.75, 3.05) is 39.4 Å². The third kappa shape index (κ3) is 4.39. The van der Waals surface area contributed by atoms with Crippen molar-refractivity contribution in [3.63, 3.8) is 0 Å². The Labute approximate surface area is 161 Å². The second kappa shape index (κ2) is 7.61. The van der Waals surface area contributed by atoms with Crippen molar-refractivity contribution in [2.24, 2.45) is 0 Å². The Kier molecular flexibility index (Phi) is 6.37. The van der Waals surface area contributed by atoms with Crippen LogP contribution in [0.3, 0.4) is 0 Å². The molecule has 0 aromatic heterocycles. The molecule has 1 unspecified atom stereocenters. The molecule has 19 heteroatoms. The molecule has 29 heavy (non-hydrogen) atoms. The molecule has 0 N–H and O–H groups in total. The van der Waals surface area contributed by atoms with Gasteiger partial charge in [0.25, 0.3) is 10.0 Å². The Morgan fingerprint density at radius 2 is 1.41 bits per heavy atom. The number of rotatable bonds is 6. The molecular formula is C10H13F5N3O8S3-. The fourth-order valence-electron chi connectivity index (χ4n) is 2.52. The minimum Gasteiger partial charge on any atom is -0.422 e. The fourth-order valence-corrected chi connectivity index (χ4v) is 6.84. The molecule has 170 valence electrons. The lowest BCUT2D eigenvalue weighted by atomic mass is 10.2. The summed E-state index contributed by atoms with van der Waals surface area (Å²) in [6.45, 7) is -2.23. The summed E-state index contributed by atoms with van der Waals surface area (Å²) in [5.41, 5.74) is -6.33. The van der Waals surface area contributed by atoms with Crippen LogP contribution in [-0.4, -0.2) is 95.8 Å². The number of hydrogen-bond acceptors (Lipinski definition) is 9. The van der Waals surface area contributed by atoms with Gasteiger partial charge in [-0.1, -0.05) is 0 Å². The van der Waals surface area contributed by atoms with Crippen LogP contribution in [0.4, 0.5) is 22.0 Å². The van der Waals surface area contributed by atoms with E-state index in [-0.39, 0.29) is 36.4 Å². The van der Waals surface area contributed by atoms with Gasteiger partial charge in [-0.05, 0) is 0 Å². The molecule has 0 aliphatic carbocycles. The van der Waals surface area contributed by atoms with E-state index in [0.29, 0.717) is 0 Å². The summed E-state index contributed by atoms with van der Waals surface area (Å²) in [4.78, 5) is 13.0. The number of piperazine rings is 1. The van der Waals surface area contributed by atoms with Crippen molar-refractivity contribution in [3.8, 4) is 0 Å². The summed E-state index contributed by atoms with van der Waals surface area (Å²) < 4.78 is 133. The zero-order valence-corrected chi connectivity index (χ0v) is 16.5. The molecule has 1 atom stereocenters. The largest absolute Gasteiger partial charge is 0.480 e. The average Bonchev–Trinajstić information content (AvgIpc) is 2.98. The van der Waals surface area contributed by atoms with Gasteiger partial charge in [0, 0.05) is 26.2 Å². The van der Waals surface area contributed by atoms with E-state index in [4.69, 9.17) is 4.74 Å². The second-order valence-corrected chi connectivity index (χ2v) is 11.6. The van der Waals surface area contributed by atoms with Gasteiger partial charge in [-0.15, -0.1) is 0 Å². The first-order chi connectivity index (χ1) is 12.9. The van der Waals surface area contributed by atoms with Crippen LogP contribution in [0.2, 0.25) is 0 Å². The molecule has 2 heterocycles. The first kappa shape index (κ1) is 24.3. The van der Waals surface area contributed by atoms with Gasteiger partial charge >= 0.3 is 10.1 Å². The summed E-state index contributed by atoms with van der Waals surface area (Å²) in [7, 11) is -20.1. The van der Waals surface area contributed by atoms with Gasteiger partial charge < -0.3 is 8.86 Å². The minimum atomic E-state index is -6.98. The summed E-state index contributed by atoms with van der Waals surface area (Å²) in [5.74, 6) is -0.328. The van der Waals surface area contributed by atoms with E-state index in [0.717, 1.165) is 4.13 Å². The van der Waals surface area contributed by atoms with Crippen molar-refractivity contribution in [3.05, 3.63) is 4.13 Å². The predicted octanol–water partition coefficient (Wildman–Crippen LogP) is -0.995. The normalized spacial score (nSPS) is 24.2. The fraction of sp³-hybridized carbons (Fsp3) is 0.900. The van der Waals surface area contributed by atoms with E-state index >= 15 is 0 Å². The summed E-state index contributed by atoms with van der Waals surface area (Å²) >= 11 is 0. The van der Waals surface area contributed by atoms with Gasteiger partial charge in [0.15, 0.2) is 25.8 Å². The number of nitrogens with zero attached hydrogens (tertiary/aromatic N) is 3. The molecule has 0 aromatic carbocycles. The number of carbonyl (C=O) groups is 1. The minimum absolute atomic E-state index is 0.00962. The van der Waals surface area contributed by atoms with Crippen molar-refractivity contribution >= 4 is 35.9 Å². The van der Waals surface area contributed by atoms with Crippen molar-refractivity contribution in [1.29, 1.82) is 0 Å².